The monoisotopic (exact) mass is 534 g/mol. The summed E-state index contributed by atoms with van der Waals surface area (Å²) >= 11 is -2.38. The topological polar surface area (TPSA) is 0 Å². The van der Waals surface area contributed by atoms with E-state index in [1.54, 1.807) is 17.7 Å². The Morgan fingerprint density at radius 3 is 0.950 bits per heavy atom. The second-order valence-corrected chi connectivity index (χ2v) is 40.1. The van der Waals surface area contributed by atoms with E-state index in [4.69, 9.17) is 0 Å². The van der Waals surface area contributed by atoms with Gasteiger partial charge in [0, 0.05) is 0 Å². The first-order valence-corrected chi connectivity index (χ1v) is 28.8. The molecule has 0 aliphatic heterocycles. The quantitative estimate of drug-likeness (QED) is 0.165. The molecule has 0 N–H and O–H groups in total. The van der Waals surface area contributed by atoms with E-state index >= 15 is 0 Å². The van der Waals surface area contributed by atoms with Crippen molar-refractivity contribution in [1.82, 2.24) is 0 Å². The van der Waals surface area contributed by atoms with Crippen molar-refractivity contribution in [3.63, 3.8) is 0 Å². The van der Waals surface area contributed by atoms with Gasteiger partial charge in [-0.25, -0.2) is 0 Å². The van der Waals surface area contributed by atoms with E-state index in [1.807, 2.05) is 0 Å². The molecular weight excluding hydrogens is 494 g/mol. The minimum absolute atomic E-state index is 1.19. The Hall–Kier alpha value is 2.30. The number of hydrogen-bond acceptors (Lipinski definition) is 2. The van der Waals surface area contributed by atoms with E-state index in [1.165, 1.54) is 51.4 Å². The zero-order chi connectivity index (χ0) is 15.1. The Balaban J connectivity index is 4.05. The molecule has 0 atom stereocenters. The van der Waals surface area contributed by atoms with Crippen molar-refractivity contribution in [3.8, 4) is 0 Å². The van der Waals surface area contributed by atoms with Crippen LogP contribution in [-0.4, -0.2) is 36.8 Å². The predicted molar refractivity (Wildman–Crippen MR) is 108 cm³/mol. The summed E-state index contributed by atoms with van der Waals surface area (Å²) in [4.78, 5) is 0. The SMILES string of the molecule is CCC[CH2][SnH]([CH2]CCC)[S][S][SnH]([CH2]CCC)[CH2]CCC. The Morgan fingerprint density at radius 1 is 0.500 bits per heavy atom. The van der Waals surface area contributed by atoms with E-state index in [2.05, 4.69) is 43.7 Å². The van der Waals surface area contributed by atoms with E-state index < -0.39 is 36.8 Å². The molecule has 0 radical (unpaired) electrons. The zero-order valence-electron chi connectivity index (χ0n) is 14.5. The van der Waals surface area contributed by atoms with Crippen molar-refractivity contribution in [2.75, 3.05) is 0 Å². The van der Waals surface area contributed by atoms with Crippen LogP contribution in [0, 0.1) is 0 Å². The zero-order valence-corrected chi connectivity index (χ0v) is 22.7. The van der Waals surface area contributed by atoms with Crippen LogP contribution < -0.4 is 0 Å². The summed E-state index contributed by atoms with van der Waals surface area (Å²) in [5, 5.41) is 0. The third-order valence-electron chi connectivity index (χ3n) is 3.85. The van der Waals surface area contributed by atoms with Gasteiger partial charge in [0.25, 0.3) is 0 Å². The summed E-state index contributed by atoms with van der Waals surface area (Å²) in [6, 6.07) is 0. The molecule has 0 fully saturated rings. The van der Waals surface area contributed by atoms with Crippen molar-refractivity contribution in [2.45, 2.75) is 96.8 Å². The first-order chi connectivity index (χ1) is 9.78. The number of hydrogen-bond donors (Lipinski definition) is 0. The molecule has 0 aromatic rings. The fraction of sp³-hybridized carbons (Fsp3) is 1.00. The molecule has 0 spiro atoms. The Kier molecular flexibility index (Phi) is 19.7. The third-order valence-corrected chi connectivity index (χ3v) is 60.8. The molecule has 0 aromatic heterocycles. The van der Waals surface area contributed by atoms with Crippen LogP contribution in [-0.2, 0) is 0 Å². The van der Waals surface area contributed by atoms with Gasteiger partial charge in [-0.15, -0.1) is 0 Å². The first kappa shape index (κ1) is 22.3. The van der Waals surface area contributed by atoms with Gasteiger partial charge in [-0.1, -0.05) is 0 Å². The van der Waals surface area contributed by atoms with Crippen LogP contribution in [0.25, 0.3) is 0 Å². The van der Waals surface area contributed by atoms with Crippen LogP contribution in [0.15, 0.2) is 0 Å². The molecule has 4 heteroatoms. The van der Waals surface area contributed by atoms with Gasteiger partial charge in [-0.2, -0.15) is 0 Å². The molecule has 0 heterocycles. The van der Waals surface area contributed by atoms with Crippen molar-refractivity contribution in [2.24, 2.45) is 0 Å². The van der Waals surface area contributed by atoms with E-state index in [0.29, 0.717) is 0 Å². The summed E-state index contributed by atoms with van der Waals surface area (Å²) in [5.74, 6) is 0. The van der Waals surface area contributed by atoms with Gasteiger partial charge in [0.2, 0.25) is 0 Å². The summed E-state index contributed by atoms with van der Waals surface area (Å²) in [6.07, 6.45) is 11.8. The molecule has 0 aromatic carbocycles. The fourth-order valence-corrected chi connectivity index (χ4v) is 93.3. The average Bonchev–Trinajstić information content (AvgIpc) is 2.48. The number of rotatable bonds is 15. The molecule has 122 valence electrons. The molecule has 0 nitrogen and oxygen atoms in total. The standard InChI is InChI=1S/4C4H9.S2.2Sn.2H/c4*1-3-4-2;1-2;;;;/h4*1,3-4H2,2H3;;;;;/q;;;;-2;2*+1;;. The Labute approximate surface area is 148 Å². The molecule has 0 rings (SSSR count). The molecule has 0 aliphatic carbocycles. The van der Waals surface area contributed by atoms with Crippen LogP contribution in [0.4, 0.5) is 0 Å². The summed E-state index contributed by atoms with van der Waals surface area (Å²) < 4.78 is 6.71. The van der Waals surface area contributed by atoms with Crippen molar-refractivity contribution < 1.29 is 0 Å². The maximum atomic E-state index is 2.53. The van der Waals surface area contributed by atoms with Crippen molar-refractivity contribution in [3.05, 3.63) is 0 Å². The normalized spacial score (nSPS) is 11.7. The van der Waals surface area contributed by atoms with Crippen LogP contribution in [0.3, 0.4) is 0 Å². The van der Waals surface area contributed by atoms with Crippen LogP contribution >= 0.6 is 16.0 Å². The summed E-state index contributed by atoms with van der Waals surface area (Å²) in [7, 11) is 5.06. The minimum atomic E-state index is -1.19. The Bertz CT molecular complexity index is 155. The maximum absolute atomic E-state index is 2.53. The van der Waals surface area contributed by atoms with Crippen LogP contribution in [0.1, 0.15) is 79.1 Å². The molecular formula is C16H38S2Sn2. The van der Waals surface area contributed by atoms with Gasteiger partial charge in [-0.3, -0.25) is 0 Å². The molecule has 0 saturated heterocycles. The molecule has 0 unspecified atom stereocenters. The summed E-state index contributed by atoms with van der Waals surface area (Å²) in [6.45, 7) is 9.46. The van der Waals surface area contributed by atoms with Crippen molar-refractivity contribution in [1.29, 1.82) is 0 Å². The van der Waals surface area contributed by atoms with Crippen LogP contribution in [0.5, 0.6) is 0 Å². The van der Waals surface area contributed by atoms with Gasteiger partial charge in [0.1, 0.15) is 0 Å². The van der Waals surface area contributed by atoms with E-state index in [-0.39, 0.29) is 0 Å². The molecule has 0 amide bonds. The predicted octanol–water partition coefficient (Wildman–Crippen LogP) is 7.02. The van der Waals surface area contributed by atoms with Gasteiger partial charge in [0.05, 0.1) is 0 Å². The van der Waals surface area contributed by atoms with Gasteiger partial charge in [-0.05, 0) is 0 Å². The first-order valence-electron chi connectivity index (χ1n) is 9.10. The third kappa shape index (κ3) is 13.9. The second-order valence-electron chi connectivity index (χ2n) is 6.01. The van der Waals surface area contributed by atoms with Gasteiger partial charge in [0.15, 0.2) is 0 Å². The van der Waals surface area contributed by atoms with Crippen LogP contribution in [0.2, 0.25) is 17.7 Å². The molecule has 0 aliphatic rings. The average molecular weight is 532 g/mol. The fourth-order valence-electron chi connectivity index (χ4n) is 2.37. The molecule has 0 saturated carbocycles. The van der Waals surface area contributed by atoms with Gasteiger partial charge >= 0.3 is 150 Å². The number of unbranched alkanes of at least 4 members (excludes halogenated alkanes) is 4. The van der Waals surface area contributed by atoms with Crippen molar-refractivity contribution >= 4 is 52.7 Å². The molecule has 20 heavy (non-hydrogen) atoms. The van der Waals surface area contributed by atoms with E-state index in [9.17, 15) is 0 Å². The second kappa shape index (κ2) is 17.6. The molecule has 0 bridgehead atoms. The summed E-state index contributed by atoms with van der Waals surface area (Å²) in [5.41, 5.74) is 0. The van der Waals surface area contributed by atoms with E-state index in [0.717, 1.165) is 0 Å². The van der Waals surface area contributed by atoms with Gasteiger partial charge < -0.3 is 0 Å². The Morgan fingerprint density at radius 2 is 0.750 bits per heavy atom.